The molecule has 1 aromatic carbocycles. The third kappa shape index (κ3) is 2.37. The molecule has 0 saturated carbocycles. The van der Waals surface area contributed by atoms with Crippen LogP contribution in [0.15, 0.2) is 60.1 Å². The van der Waals surface area contributed by atoms with Crippen LogP contribution in [0, 0.1) is 0 Å². The molecule has 3 heteroatoms. The maximum Gasteiger partial charge on any atom is 0.118 e. The van der Waals surface area contributed by atoms with Gasteiger partial charge in [0.2, 0.25) is 0 Å². The fourth-order valence-corrected chi connectivity index (χ4v) is 2.91. The fraction of sp³-hybridized carbons (Fsp3) is 0.0625. The molecular formula is C16H13NOS. The monoisotopic (exact) mass is 267 g/mol. The highest BCUT2D eigenvalue weighted by Gasteiger charge is 2.09. The van der Waals surface area contributed by atoms with Crippen LogP contribution in [0.5, 0.6) is 5.75 Å². The fourth-order valence-electron chi connectivity index (χ4n) is 2.00. The van der Waals surface area contributed by atoms with Gasteiger partial charge in [0.25, 0.3) is 0 Å². The van der Waals surface area contributed by atoms with E-state index < -0.39 is 0 Å². The van der Waals surface area contributed by atoms with Crippen LogP contribution in [0.2, 0.25) is 0 Å². The van der Waals surface area contributed by atoms with Gasteiger partial charge in [-0.15, -0.1) is 11.3 Å². The predicted molar refractivity (Wildman–Crippen MR) is 79.5 cm³/mol. The Kier molecular flexibility index (Phi) is 3.29. The summed E-state index contributed by atoms with van der Waals surface area (Å²) < 4.78 is 5.19. The summed E-state index contributed by atoms with van der Waals surface area (Å²) in [5.74, 6) is 0.875. The standard InChI is InChI=1S/C16H13NOS/c1-18-13-7-5-12(6-8-13)16-14(9-11-19-16)15-4-2-3-10-17-15/h2-11H,1H3. The first-order chi connectivity index (χ1) is 9.38. The number of aromatic nitrogens is 1. The van der Waals surface area contributed by atoms with Crippen molar-refractivity contribution in [2.24, 2.45) is 0 Å². The number of benzene rings is 1. The van der Waals surface area contributed by atoms with Crippen molar-refractivity contribution in [3.05, 3.63) is 60.1 Å². The minimum Gasteiger partial charge on any atom is -0.497 e. The molecule has 2 aromatic heterocycles. The van der Waals surface area contributed by atoms with Gasteiger partial charge in [-0.25, -0.2) is 0 Å². The highest BCUT2D eigenvalue weighted by molar-refractivity contribution is 7.14. The van der Waals surface area contributed by atoms with Gasteiger partial charge in [0.1, 0.15) is 5.75 Å². The average molecular weight is 267 g/mol. The van der Waals surface area contributed by atoms with E-state index >= 15 is 0 Å². The lowest BCUT2D eigenvalue weighted by Crippen LogP contribution is -1.84. The second-order valence-electron chi connectivity index (χ2n) is 4.11. The van der Waals surface area contributed by atoms with E-state index in [0.29, 0.717) is 0 Å². The molecule has 3 aromatic rings. The van der Waals surface area contributed by atoms with Gasteiger partial charge < -0.3 is 4.74 Å². The Morgan fingerprint density at radius 3 is 2.53 bits per heavy atom. The van der Waals surface area contributed by atoms with Crippen LogP contribution in [-0.4, -0.2) is 12.1 Å². The quantitative estimate of drug-likeness (QED) is 0.697. The zero-order chi connectivity index (χ0) is 13.1. The Morgan fingerprint density at radius 1 is 1.00 bits per heavy atom. The Balaban J connectivity index is 2.04. The van der Waals surface area contributed by atoms with Crippen LogP contribution in [0.1, 0.15) is 0 Å². The number of rotatable bonds is 3. The van der Waals surface area contributed by atoms with Crippen molar-refractivity contribution >= 4 is 11.3 Å². The van der Waals surface area contributed by atoms with Gasteiger partial charge in [0, 0.05) is 16.6 Å². The van der Waals surface area contributed by atoms with Gasteiger partial charge >= 0.3 is 0 Å². The Morgan fingerprint density at radius 2 is 1.84 bits per heavy atom. The smallest absolute Gasteiger partial charge is 0.118 e. The minimum atomic E-state index is 0.875. The summed E-state index contributed by atoms with van der Waals surface area (Å²) in [4.78, 5) is 5.66. The van der Waals surface area contributed by atoms with Crippen molar-refractivity contribution in [1.29, 1.82) is 0 Å². The number of methoxy groups -OCH3 is 1. The topological polar surface area (TPSA) is 22.1 Å². The predicted octanol–water partition coefficient (Wildman–Crippen LogP) is 4.49. The molecule has 0 radical (unpaired) electrons. The summed E-state index contributed by atoms with van der Waals surface area (Å²) in [5.41, 5.74) is 3.38. The first-order valence-corrected chi connectivity index (χ1v) is 6.90. The summed E-state index contributed by atoms with van der Waals surface area (Å²) in [6.07, 6.45) is 1.82. The number of ether oxygens (including phenoxy) is 1. The van der Waals surface area contributed by atoms with E-state index in [1.807, 2.05) is 36.5 Å². The molecule has 0 bridgehead atoms. The zero-order valence-corrected chi connectivity index (χ0v) is 11.4. The Labute approximate surface area is 116 Å². The summed E-state index contributed by atoms with van der Waals surface area (Å²) in [6, 6.07) is 16.2. The van der Waals surface area contributed by atoms with Gasteiger partial charge in [-0.3, -0.25) is 4.98 Å². The minimum absolute atomic E-state index is 0.875. The third-order valence-corrected chi connectivity index (χ3v) is 3.92. The van der Waals surface area contributed by atoms with Gasteiger partial charge in [0.05, 0.1) is 12.8 Å². The van der Waals surface area contributed by atoms with Crippen LogP contribution >= 0.6 is 11.3 Å². The first-order valence-electron chi connectivity index (χ1n) is 6.02. The van der Waals surface area contributed by atoms with Gasteiger partial charge in [-0.05, 0) is 53.4 Å². The molecule has 0 amide bonds. The second-order valence-corrected chi connectivity index (χ2v) is 5.02. The Bertz CT molecular complexity index is 659. The average Bonchev–Trinajstić information content (AvgIpc) is 2.98. The number of hydrogen-bond acceptors (Lipinski definition) is 3. The summed E-state index contributed by atoms with van der Waals surface area (Å²) in [7, 11) is 1.68. The van der Waals surface area contributed by atoms with Crippen molar-refractivity contribution in [2.75, 3.05) is 7.11 Å². The molecule has 0 atom stereocenters. The summed E-state index contributed by atoms with van der Waals surface area (Å²) in [5, 5.41) is 2.10. The van der Waals surface area contributed by atoms with E-state index in [-0.39, 0.29) is 0 Å². The lowest BCUT2D eigenvalue weighted by molar-refractivity contribution is 0.415. The van der Waals surface area contributed by atoms with E-state index in [4.69, 9.17) is 4.74 Å². The maximum atomic E-state index is 5.19. The highest BCUT2D eigenvalue weighted by atomic mass is 32.1. The second kappa shape index (κ2) is 5.24. The van der Waals surface area contributed by atoms with Crippen molar-refractivity contribution < 1.29 is 4.74 Å². The largest absolute Gasteiger partial charge is 0.497 e. The van der Waals surface area contributed by atoms with Crippen LogP contribution < -0.4 is 4.74 Å². The van der Waals surface area contributed by atoms with Crippen LogP contribution in [0.3, 0.4) is 0 Å². The third-order valence-electron chi connectivity index (χ3n) is 2.96. The van der Waals surface area contributed by atoms with E-state index in [0.717, 1.165) is 11.4 Å². The highest BCUT2D eigenvalue weighted by Crippen LogP contribution is 2.36. The molecule has 19 heavy (non-hydrogen) atoms. The number of pyridine rings is 1. The van der Waals surface area contributed by atoms with E-state index in [2.05, 4.69) is 28.6 Å². The summed E-state index contributed by atoms with van der Waals surface area (Å²) >= 11 is 1.73. The van der Waals surface area contributed by atoms with Crippen molar-refractivity contribution in [3.8, 4) is 27.4 Å². The summed E-state index contributed by atoms with van der Waals surface area (Å²) in [6.45, 7) is 0. The molecule has 0 spiro atoms. The van der Waals surface area contributed by atoms with Crippen molar-refractivity contribution in [3.63, 3.8) is 0 Å². The zero-order valence-electron chi connectivity index (χ0n) is 10.5. The molecule has 2 nitrogen and oxygen atoms in total. The number of nitrogens with zero attached hydrogens (tertiary/aromatic N) is 1. The normalized spacial score (nSPS) is 10.4. The van der Waals surface area contributed by atoms with Crippen LogP contribution in [-0.2, 0) is 0 Å². The molecule has 0 fully saturated rings. The lowest BCUT2D eigenvalue weighted by atomic mass is 10.1. The molecule has 2 heterocycles. The first kappa shape index (κ1) is 11.9. The SMILES string of the molecule is COc1ccc(-c2sccc2-c2ccccn2)cc1. The Hall–Kier alpha value is -2.13. The molecule has 0 aliphatic rings. The van der Waals surface area contributed by atoms with Gasteiger partial charge in [-0.1, -0.05) is 6.07 Å². The van der Waals surface area contributed by atoms with Crippen LogP contribution in [0.25, 0.3) is 21.7 Å². The van der Waals surface area contributed by atoms with Crippen molar-refractivity contribution in [1.82, 2.24) is 4.98 Å². The molecule has 94 valence electrons. The molecular weight excluding hydrogens is 254 g/mol. The lowest BCUT2D eigenvalue weighted by Gasteiger charge is -2.05. The van der Waals surface area contributed by atoms with Gasteiger partial charge in [-0.2, -0.15) is 0 Å². The molecule has 3 rings (SSSR count). The molecule has 0 aliphatic heterocycles. The molecule has 0 N–H and O–H groups in total. The van der Waals surface area contributed by atoms with Crippen molar-refractivity contribution in [2.45, 2.75) is 0 Å². The van der Waals surface area contributed by atoms with E-state index in [1.54, 1.807) is 18.4 Å². The molecule has 0 unspecified atom stereocenters. The van der Waals surface area contributed by atoms with Gasteiger partial charge in [0.15, 0.2) is 0 Å². The molecule has 0 saturated heterocycles. The van der Waals surface area contributed by atoms with E-state index in [9.17, 15) is 0 Å². The number of hydrogen-bond donors (Lipinski definition) is 0. The molecule has 0 aliphatic carbocycles. The number of thiophene rings is 1. The maximum absolute atomic E-state index is 5.19. The van der Waals surface area contributed by atoms with Crippen LogP contribution in [0.4, 0.5) is 0 Å². The van der Waals surface area contributed by atoms with E-state index in [1.165, 1.54) is 16.0 Å².